The van der Waals surface area contributed by atoms with Gasteiger partial charge in [-0.3, -0.25) is 4.79 Å². The number of piperazine rings is 1. The molecule has 1 fully saturated rings. The Labute approximate surface area is 165 Å². The zero-order chi connectivity index (χ0) is 19.4. The maximum absolute atomic E-state index is 12.9. The second kappa shape index (κ2) is 8.19. The largest absolute Gasteiger partial charge is 0.478 e. The highest BCUT2D eigenvalue weighted by molar-refractivity contribution is 6.30. The Bertz CT molecular complexity index is 784. The lowest BCUT2D eigenvalue weighted by molar-refractivity contribution is -0.128. The fourth-order valence-corrected chi connectivity index (χ4v) is 3.14. The van der Waals surface area contributed by atoms with E-state index in [2.05, 4.69) is 22.2 Å². The van der Waals surface area contributed by atoms with E-state index in [1.165, 1.54) is 0 Å². The maximum Gasteiger partial charge on any atom is 0.268 e. The summed E-state index contributed by atoms with van der Waals surface area (Å²) in [7, 11) is 2.13. The first-order chi connectivity index (χ1) is 12.8. The van der Waals surface area contributed by atoms with Gasteiger partial charge in [-0.1, -0.05) is 23.7 Å². The van der Waals surface area contributed by atoms with Gasteiger partial charge in [0.25, 0.3) is 5.91 Å². The van der Waals surface area contributed by atoms with Gasteiger partial charge in [0.1, 0.15) is 5.75 Å². The van der Waals surface area contributed by atoms with Crippen LogP contribution in [0.25, 0.3) is 0 Å². The first-order valence-electron chi connectivity index (χ1n) is 9.14. The number of carbonyl (C=O) groups excluding carboxylic acids is 1. The zero-order valence-corrected chi connectivity index (χ0v) is 16.8. The van der Waals surface area contributed by atoms with Crippen molar-refractivity contribution in [1.29, 1.82) is 0 Å². The fourth-order valence-electron chi connectivity index (χ4n) is 3.02. The molecule has 0 saturated carbocycles. The van der Waals surface area contributed by atoms with Crippen LogP contribution in [0.15, 0.2) is 48.5 Å². The van der Waals surface area contributed by atoms with Crippen LogP contribution in [-0.2, 0) is 4.79 Å². The number of rotatable bonds is 5. The number of hydrogen-bond donors (Lipinski definition) is 1. The van der Waals surface area contributed by atoms with Crippen LogP contribution in [0.3, 0.4) is 0 Å². The molecule has 27 heavy (non-hydrogen) atoms. The normalized spacial score (nSPS) is 15.5. The van der Waals surface area contributed by atoms with Gasteiger partial charge in [0, 0.05) is 31.2 Å². The molecule has 2 aromatic carbocycles. The summed E-state index contributed by atoms with van der Waals surface area (Å²) in [6.45, 7) is 7.41. The summed E-state index contributed by atoms with van der Waals surface area (Å²) in [5, 5.41) is 3.68. The average molecular weight is 388 g/mol. The zero-order valence-electron chi connectivity index (χ0n) is 16.0. The Kier molecular flexibility index (Phi) is 5.92. The first-order valence-corrected chi connectivity index (χ1v) is 9.51. The van der Waals surface area contributed by atoms with Crippen LogP contribution in [-0.4, -0.2) is 49.6 Å². The summed E-state index contributed by atoms with van der Waals surface area (Å²) >= 11 is 5.91. The molecule has 1 heterocycles. The van der Waals surface area contributed by atoms with Gasteiger partial charge in [-0.2, -0.15) is 0 Å². The number of anilines is 2. The van der Waals surface area contributed by atoms with Gasteiger partial charge in [0.2, 0.25) is 0 Å². The minimum atomic E-state index is -1.02. The van der Waals surface area contributed by atoms with Crippen molar-refractivity contribution in [2.45, 2.75) is 19.4 Å². The number of ether oxygens (including phenoxy) is 1. The predicted octanol–water partition coefficient (Wildman–Crippen LogP) is 3.89. The summed E-state index contributed by atoms with van der Waals surface area (Å²) in [5.41, 5.74) is 0.823. The van der Waals surface area contributed by atoms with Crippen LogP contribution >= 0.6 is 11.6 Å². The van der Waals surface area contributed by atoms with Gasteiger partial charge in [-0.05, 0) is 57.3 Å². The third-order valence-electron chi connectivity index (χ3n) is 4.73. The van der Waals surface area contributed by atoms with Gasteiger partial charge < -0.3 is 19.9 Å². The van der Waals surface area contributed by atoms with Crippen LogP contribution < -0.4 is 15.0 Å². The van der Waals surface area contributed by atoms with Gasteiger partial charge >= 0.3 is 0 Å². The summed E-state index contributed by atoms with van der Waals surface area (Å²) in [6.07, 6.45) is 0. The van der Waals surface area contributed by atoms with E-state index in [-0.39, 0.29) is 5.91 Å². The smallest absolute Gasteiger partial charge is 0.268 e. The molecule has 0 unspecified atom stereocenters. The number of para-hydroxylation sites is 2. The third kappa shape index (κ3) is 4.93. The topological polar surface area (TPSA) is 44.8 Å². The van der Waals surface area contributed by atoms with E-state index < -0.39 is 5.60 Å². The lowest BCUT2D eigenvalue weighted by Crippen LogP contribution is -2.45. The van der Waals surface area contributed by atoms with E-state index in [1.807, 2.05) is 24.3 Å². The van der Waals surface area contributed by atoms with Gasteiger partial charge in [0.15, 0.2) is 5.60 Å². The highest BCUT2D eigenvalue weighted by atomic mass is 35.5. The number of amides is 1. The second-order valence-electron chi connectivity index (χ2n) is 7.33. The van der Waals surface area contributed by atoms with Crippen molar-refractivity contribution in [1.82, 2.24) is 4.90 Å². The summed E-state index contributed by atoms with van der Waals surface area (Å²) in [6, 6.07) is 14.9. The molecule has 5 nitrogen and oxygen atoms in total. The van der Waals surface area contributed by atoms with Gasteiger partial charge in [-0.15, -0.1) is 0 Å². The molecule has 1 aliphatic heterocycles. The molecule has 0 bridgehead atoms. The molecule has 144 valence electrons. The number of hydrogen-bond acceptors (Lipinski definition) is 4. The molecule has 0 spiro atoms. The van der Waals surface area contributed by atoms with E-state index >= 15 is 0 Å². The van der Waals surface area contributed by atoms with Crippen molar-refractivity contribution in [3.05, 3.63) is 53.6 Å². The molecular weight excluding hydrogens is 362 g/mol. The Morgan fingerprint density at radius 1 is 1.04 bits per heavy atom. The highest BCUT2D eigenvalue weighted by Gasteiger charge is 2.31. The summed E-state index contributed by atoms with van der Waals surface area (Å²) in [4.78, 5) is 17.5. The molecule has 6 heteroatoms. The molecule has 0 atom stereocenters. The number of nitrogens with zero attached hydrogens (tertiary/aromatic N) is 2. The average Bonchev–Trinajstić information content (AvgIpc) is 2.65. The van der Waals surface area contributed by atoms with Crippen molar-refractivity contribution in [3.63, 3.8) is 0 Å². The predicted molar refractivity (Wildman–Crippen MR) is 111 cm³/mol. The molecule has 1 amide bonds. The van der Waals surface area contributed by atoms with Crippen LogP contribution in [0.1, 0.15) is 13.8 Å². The third-order valence-corrected chi connectivity index (χ3v) is 4.98. The molecule has 3 rings (SSSR count). The standard InChI is InChI=1S/C21H26ClN3O2/c1-21(2,27-17-10-8-16(22)9-11-17)20(26)23-18-6-4-5-7-19(18)25-14-12-24(3)13-15-25/h4-11H,12-15H2,1-3H3,(H,23,26). The van der Waals surface area contributed by atoms with Crippen LogP contribution in [0.5, 0.6) is 5.75 Å². The Balaban J connectivity index is 1.72. The number of halogens is 1. The Hall–Kier alpha value is -2.24. The monoisotopic (exact) mass is 387 g/mol. The van der Waals surface area contributed by atoms with Crippen LogP contribution in [0.4, 0.5) is 11.4 Å². The molecular formula is C21H26ClN3O2. The Morgan fingerprint density at radius 2 is 1.67 bits per heavy atom. The van der Waals surface area contributed by atoms with E-state index in [1.54, 1.807) is 38.1 Å². The lowest BCUT2D eigenvalue weighted by atomic mass is 10.1. The minimum absolute atomic E-state index is 0.195. The summed E-state index contributed by atoms with van der Waals surface area (Å²) in [5.74, 6) is 0.408. The van der Waals surface area contributed by atoms with Gasteiger partial charge in [-0.25, -0.2) is 0 Å². The SMILES string of the molecule is CN1CCN(c2ccccc2NC(=O)C(C)(C)Oc2ccc(Cl)cc2)CC1. The van der Waals surface area contributed by atoms with Crippen LogP contribution in [0, 0.1) is 0 Å². The van der Waals surface area contributed by atoms with Crippen molar-refractivity contribution >= 4 is 28.9 Å². The van der Waals surface area contributed by atoms with Crippen molar-refractivity contribution < 1.29 is 9.53 Å². The minimum Gasteiger partial charge on any atom is -0.478 e. The molecule has 0 aliphatic carbocycles. The Morgan fingerprint density at radius 3 is 2.33 bits per heavy atom. The van der Waals surface area contributed by atoms with Crippen LogP contribution in [0.2, 0.25) is 5.02 Å². The summed E-state index contributed by atoms with van der Waals surface area (Å²) < 4.78 is 5.90. The maximum atomic E-state index is 12.9. The molecule has 1 saturated heterocycles. The van der Waals surface area contributed by atoms with Crippen molar-refractivity contribution in [3.8, 4) is 5.75 Å². The molecule has 0 radical (unpaired) electrons. The number of likely N-dealkylation sites (N-methyl/N-ethyl adjacent to an activating group) is 1. The number of carbonyl (C=O) groups is 1. The van der Waals surface area contributed by atoms with Crippen molar-refractivity contribution in [2.24, 2.45) is 0 Å². The van der Waals surface area contributed by atoms with Gasteiger partial charge in [0.05, 0.1) is 11.4 Å². The molecule has 0 aromatic heterocycles. The second-order valence-corrected chi connectivity index (χ2v) is 7.76. The van der Waals surface area contributed by atoms with E-state index in [9.17, 15) is 4.79 Å². The molecule has 1 aliphatic rings. The quantitative estimate of drug-likeness (QED) is 0.845. The van der Waals surface area contributed by atoms with Crippen molar-refractivity contribution in [2.75, 3.05) is 43.4 Å². The van der Waals surface area contributed by atoms with E-state index in [0.717, 1.165) is 37.6 Å². The first kappa shape index (κ1) is 19.5. The molecule has 2 aromatic rings. The molecule has 1 N–H and O–H groups in total. The van der Waals surface area contributed by atoms with E-state index in [4.69, 9.17) is 16.3 Å². The highest BCUT2D eigenvalue weighted by Crippen LogP contribution is 2.28. The van der Waals surface area contributed by atoms with E-state index in [0.29, 0.717) is 10.8 Å². The fraction of sp³-hybridized carbons (Fsp3) is 0.381. The number of benzene rings is 2. The number of nitrogens with one attached hydrogen (secondary N) is 1. The lowest BCUT2D eigenvalue weighted by Gasteiger charge is -2.35.